The van der Waals surface area contributed by atoms with Crippen LogP contribution in [0.25, 0.3) is 0 Å². The maximum atomic E-state index is 12.4. The van der Waals surface area contributed by atoms with E-state index in [0.717, 1.165) is 45.1 Å². The number of rotatable bonds is 3. The normalized spacial score (nSPS) is 39.8. The number of amides is 1. The maximum Gasteiger partial charge on any atom is 0.237 e. The number of hydrogen-bond acceptors (Lipinski definition) is 3. The Morgan fingerprint density at radius 3 is 2.53 bits per heavy atom. The molecule has 2 fully saturated rings. The van der Waals surface area contributed by atoms with Crippen molar-refractivity contribution in [1.29, 1.82) is 0 Å². The molecule has 0 spiro atoms. The minimum absolute atomic E-state index is 0.0632. The van der Waals surface area contributed by atoms with Crippen LogP contribution in [0.2, 0.25) is 0 Å². The lowest BCUT2D eigenvalue weighted by Gasteiger charge is -2.40. The molecule has 1 aliphatic carbocycles. The number of carbonyl (C=O) groups is 1. The molecule has 0 radical (unpaired) electrons. The molecular formula is C15H28N2O2. The van der Waals surface area contributed by atoms with E-state index in [2.05, 4.69) is 24.5 Å². The second-order valence-electron chi connectivity index (χ2n) is 6.75. The van der Waals surface area contributed by atoms with Crippen molar-refractivity contribution in [1.82, 2.24) is 10.6 Å². The van der Waals surface area contributed by atoms with Crippen LogP contribution in [0.5, 0.6) is 0 Å². The van der Waals surface area contributed by atoms with Crippen LogP contribution in [-0.2, 0) is 4.79 Å². The molecule has 4 nitrogen and oxygen atoms in total. The highest BCUT2D eigenvalue weighted by atomic mass is 16.3. The van der Waals surface area contributed by atoms with Crippen molar-refractivity contribution in [3.05, 3.63) is 0 Å². The topological polar surface area (TPSA) is 61.4 Å². The van der Waals surface area contributed by atoms with Gasteiger partial charge in [0, 0.05) is 0 Å². The van der Waals surface area contributed by atoms with Gasteiger partial charge in [-0.15, -0.1) is 0 Å². The molecule has 0 aromatic heterocycles. The van der Waals surface area contributed by atoms with Crippen molar-refractivity contribution >= 4 is 5.91 Å². The first-order valence-corrected chi connectivity index (χ1v) is 7.71. The summed E-state index contributed by atoms with van der Waals surface area (Å²) in [6, 6.07) is -0.0773. The summed E-state index contributed by atoms with van der Waals surface area (Å²) in [6.07, 6.45) is 6.04. The van der Waals surface area contributed by atoms with Crippen molar-refractivity contribution in [3.63, 3.8) is 0 Å². The first-order valence-electron chi connectivity index (χ1n) is 7.71. The minimum Gasteiger partial charge on any atom is -0.394 e. The molecule has 1 aliphatic heterocycles. The van der Waals surface area contributed by atoms with Crippen molar-refractivity contribution in [2.75, 3.05) is 13.2 Å². The Balaban J connectivity index is 1.92. The van der Waals surface area contributed by atoms with Gasteiger partial charge in [0.2, 0.25) is 5.91 Å². The molecule has 3 N–H and O–H groups in total. The van der Waals surface area contributed by atoms with E-state index in [1.807, 2.05) is 0 Å². The first-order chi connectivity index (χ1) is 9.04. The quantitative estimate of drug-likeness (QED) is 0.725. The highest BCUT2D eigenvalue weighted by Crippen LogP contribution is 2.31. The monoisotopic (exact) mass is 268 g/mol. The van der Waals surface area contributed by atoms with E-state index in [0.29, 0.717) is 11.8 Å². The van der Waals surface area contributed by atoms with Crippen LogP contribution in [0.4, 0.5) is 0 Å². The Morgan fingerprint density at radius 2 is 1.95 bits per heavy atom. The van der Waals surface area contributed by atoms with Crippen LogP contribution in [0.15, 0.2) is 0 Å². The van der Waals surface area contributed by atoms with Gasteiger partial charge < -0.3 is 15.7 Å². The summed E-state index contributed by atoms with van der Waals surface area (Å²) in [5.74, 6) is 1.40. The number of piperidine rings is 1. The van der Waals surface area contributed by atoms with Crippen molar-refractivity contribution in [3.8, 4) is 0 Å². The molecule has 2 unspecified atom stereocenters. The Labute approximate surface area is 116 Å². The summed E-state index contributed by atoms with van der Waals surface area (Å²) in [4.78, 5) is 12.4. The third kappa shape index (κ3) is 3.69. The fourth-order valence-electron chi connectivity index (χ4n) is 3.29. The molecular weight excluding hydrogens is 240 g/mol. The Bertz CT molecular complexity index is 311. The first kappa shape index (κ1) is 14.8. The van der Waals surface area contributed by atoms with Gasteiger partial charge in [-0.05, 0) is 56.9 Å². The fourth-order valence-corrected chi connectivity index (χ4v) is 3.29. The Kier molecular flexibility index (Phi) is 4.85. The molecule has 4 heteroatoms. The lowest BCUT2D eigenvalue weighted by Crippen LogP contribution is -2.59. The molecule has 2 atom stereocenters. The lowest BCUT2D eigenvalue weighted by molar-refractivity contribution is -0.127. The highest BCUT2D eigenvalue weighted by Gasteiger charge is 2.37. The van der Waals surface area contributed by atoms with E-state index in [9.17, 15) is 9.90 Å². The van der Waals surface area contributed by atoms with Gasteiger partial charge >= 0.3 is 0 Å². The third-order valence-corrected chi connectivity index (χ3v) is 4.90. The number of aliphatic hydroxyl groups excluding tert-OH is 1. The summed E-state index contributed by atoms with van der Waals surface area (Å²) in [5, 5.41) is 16.1. The average molecular weight is 268 g/mol. The van der Waals surface area contributed by atoms with Gasteiger partial charge in [0.05, 0.1) is 18.2 Å². The Hall–Kier alpha value is -0.610. The zero-order chi connectivity index (χ0) is 13.9. The fraction of sp³-hybridized carbons (Fsp3) is 0.933. The zero-order valence-corrected chi connectivity index (χ0v) is 12.2. The maximum absolute atomic E-state index is 12.4. The van der Waals surface area contributed by atoms with Crippen LogP contribution in [0, 0.1) is 11.8 Å². The SMILES string of the molecule is CC1CCC(CO)(NC(=O)C2CC(C)CCN2)CC1. The van der Waals surface area contributed by atoms with Gasteiger partial charge in [0.25, 0.3) is 0 Å². The van der Waals surface area contributed by atoms with E-state index in [-0.39, 0.29) is 24.1 Å². The van der Waals surface area contributed by atoms with E-state index >= 15 is 0 Å². The van der Waals surface area contributed by atoms with Crippen molar-refractivity contribution in [2.24, 2.45) is 11.8 Å². The Morgan fingerprint density at radius 1 is 1.26 bits per heavy atom. The van der Waals surface area contributed by atoms with Crippen LogP contribution >= 0.6 is 0 Å². The molecule has 1 amide bonds. The van der Waals surface area contributed by atoms with E-state index in [1.165, 1.54) is 0 Å². The summed E-state index contributed by atoms with van der Waals surface area (Å²) in [6.45, 7) is 5.43. The molecule has 1 heterocycles. The van der Waals surface area contributed by atoms with Crippen LogP contribution in [-0.4, -0.2) is 35.7 Å². The molecule has 110 valence electrons. The second-order valence-corrected chi connectivity index (χ2v) is 6.75. The van der Waals surface area contributed by atoms with Gasteiger partial charge in [0.1, 0.15) is 0 Å². The summed E-state index contributed by atoms with van der Waals surface area (Å²) in [7, 11) is 0. The van der Waals surface area contributed by atoms with Gasteiger partial charge in [-0.25, -0.2) is 0 Å². The third-order valence-electron chi connectivity index (χ3n) is 4.90. The van der Waals surface area contributed by atoms with Crippen molar-refractivity contribution in [2.45, 2.75) is 64.0 Å². The summed E-state index contributed by atoms with van der Waals surface area (Å²) < 4.78 is 0. The molecule has 2 rings (SSSR count). The van der Waals surface area contributed by atoms with Crippen LogP contribution < -0.4 is 10.6 Å². The minimum atomic E-state index is -0.369. The van der Waals surface area contributed by atoms with E-state index in [1.54, 1.807) is 0 Å². The molecule has 19 heavy (non-hydrogen) atoms. The summed E-state index contributed by atoms with van der Waals surface area (Å²) in [5.41, 5.74) is -0.369. The predicted molar refractivity (Wildman–Crippen MR) is 75.8 cm³/mol. The molecule has 0 aromatic rings. The van der Waals surface area contributed by atoms with Crippen LogP contribution in [0.3, 0.4) is 0 Å². The second kappa shape index (κ2) is 6.23. The molecule has 1 saturated heterocycles. The molecule has 1 saturated carbocycles. The largest absolute Gasteiger partial charge is 0.394 e. The van der Waals surface area contributed by atoms with Gasteiger partial charge in [-0.3, -0.25) is 4.79 Å². The van der Waals surface area contributed by atoms with Crippen LogP contribution in [0.1, 0.15) is 52.4 Å². The van der Waals surface area contributed by atoms with Gasteiger partial charge in [-0.2, -0.15) is 0 Å². The smallest absolute Gasteiger partial charge is 0.237 e. The van der Waals surface area contributed by atoms with E-state index < -0.39 is 0 Å². The average Bonchev–Trinajstić information content (AvgIpc) is 2.42. The number of aliphatic hydroxyl groups is 1. The molecule has 0 aromatic carbocycles. The number of carbonyl (C=O) groups excluding carboxylic acids is 1. The van der Waals surface area contributed by atoms with Gasteiger partial charge in [-0.1, -0.05) is 13.8 Å². The van der Waals surface area contributed by atoms with Crippen molar-refractivity contribution < 1.29 is 9.90 Å². The number of nitrogens with one attached hydrogen (secondary N) is 2. The standard InChI is InChI=1S/C15H28N2O2/c1-11-3-6-15(10-18,7-4-11)17-14(19)13-9-12(2)5-8-16-13/h11-13,16,18H,3-10H2,1-2H3,(H,17,19). The van der Waals surface area contributed by atoms with Gasteiger partial charge in [0.15, 0.2) is 0 Å². The highest BCUT2D eigenvalue weighted by molar-refractivity contribution is 5.82. The summed E-state index contributed by atoms with van der Waals surface area (Å²) >= 11 is 0. The molecule has 0 bridgehead atoms. The zero-order valence-electron chi connectivity index (χ0n) is 12.2. The number of hydrogen-bond donors (Lipinski definition) is 3. The molecule has 2 aliphatic rings. The van der Waals surface area contributed by atoms with E-state index in [4.69, 9.17) is 0 Å². The lowest BCUT2D eigenvalue weighted by atomic mass is 9.77. The predicted octanol–water partition coefficient (Wildman–Crippen LogP) is 1.43.